The molecule has 1 N–H and O–H groups in total. The molecule has 2 heterocycles. The Labute approximate surface area is 150 Å². The molecule has 2 aromatic rings. The maximum Gasteiger partial charge on any atom is 0.269 e. The molecule has 25 heavy (non-hydrogen) atoms. The Morgan fingerprint density at radius 2 is 2.00 bits per heavy atom. The summed E-state index contributed by atoms with van der Waals surface area (Å²) in [7, 11) is 0. The van der Waals surface area contributed by atoms with Crippen molar-refractivity contribution in [3.8, 4) is 0 Å². The summed E-state index contributed by atoms with van der Waals surface area (Å²) in [5, 5.41) is 7.12. The number of benzene rings is 1. The first kappa shape index (κ1) is 16.1. The number of carbonyl (C=O) groups is 1. The summed E-state index contributed by atoms with van der Waals surface area (Å²) in [4.78, 5) is 28.5. The maximum absolute atomic E-state index is 12.6. The van der Waals surface area contributed by atoms with Gasteiger partial charge in [-0.15, -0.1) is 0 Å². The quantitative estimate of drug-likeness (QED) is 0.909. The van der Waals surface area contributed by atoms with E-state index < -0.39 is 0 Å². The van der Waals surface area contributed by atoms with Crippen LogP contribution < -0.4 is 10.5 Å². The minimum atomic E-state index is -0.133. The number of amides is 1. The van der Waals surface area contributed by atoms with Crippen LogP contribution in [0.4, 0.5) is 5.69 Å². The minimum Gasteiger partial charge on any atom is -0.359 e. The van der Waals surface area contributed by atoms with Gasteiger partial charge in [0.15, 0.2) is 0 Å². The zero-order valence-electron chi connectivity index (χ0n) is 13.7. The van der Waals surface area contributed by atoms with Gasteiger partial charge in [0.1, 0.15) is 0 Å². The second-order valence-electron chi connectivity index (χ2n) is 6.60. The minimum absolute atomic E-state index is 0.0354. The fraction of sp³-hybridized carbons (Fsp3) is 0.389. The summed E-state index contributed by atoms with van der Waals surface area (Å²) in [6.07, 6.45) is 3.73. The lowest BCUT2D eigenvalue weighted by molar-refractivity contribution is -0.131. The number of rotatable bonds is 4. The number of nitrogens with one attached hydrogen (secondary N) is 1. The molecule has 1 saturated heterocycles. The molecule has 1 amide bonds. The maximum atomic E-state index is 12.6. The highest BCUT2D eigenvalue weighted by Gasteiger charge is 2.33. The van der Waals surface area contributed by atoms with Gasteiger partial charge in [-0.2, -0.15) is 5.10 Å². The number of hydrogen-bond acceptors (Lipinski definition) is 4. The van der Waals surface area contributed by atoms with E-state index in [1.54, 1.807) is 6.20 Å². The molecule has 130 valence electrons. The van der Waals surface area contributed by atoms with Crippen LogP contribution in [0.1, 0.15) is 29.9 Å². The van der Waals surface area contributed by atoms with Gasteiger partial charge in [-0.1, -0.05) is 29.8 Å². The van der Waals surface area contributed by atoms with Crippen LogP contribution in [-0.4, -0.2) is 40.6 Å². The topological polar surface area (TPSA) is 69.3 Å². The van der Waals surface area contributed by atoms with E-state index in [0.29, 0.717) is 30.6 Å². The molecule has 1 aliphatic carbocycles. The van der Waals surface area contributed by atoms with Crippen molar-refractivity contribution >= 4 is 23.2 Å². The normalized spacial score (nSPS) is 17.9. The molecule has 2 fully saturated rings. The van der Waals surface area contributed by atoms with Crippen LogP contribution >= 0.6 is 11.6 Å². The van der Waals surface area contributed by atoms with Crippen molar-refractivity contribution in [1.82, 2.24) is 15.1 Å². The Kier molecular flexibility index (Phi) is 4.21. The third-order valence-electron chi connectivity index (χ3n) is 4.84. The van der Waals surface area contributed by atoms with Crippen molar-refractivity contribution in [2.24, 2.45) is 0 Å². The zero-order valence-corrected chi connectivity index (χ0v) is 14.5. The molecule has 1 aliphatic heterocycles. The van der Waals surface area contributed by atoms with Gasteiger partial charge >= 0.3 is 0 Å². The first-order chi connectivity index (χ1) is 12.1. The van der Waals surface area contributed by atoms with Gasteiger partial charge in [0.25, 0.3) is 5.56 Å². The van der Waals surface area contributed by atoms with Crippen LogP contribution in [0, 0.1) is 0 Å². The molecule has 0 spiro atoms. The lowest BCUT2D eigenvalue weighted by Gasteiger charge is -2.36. The summed E-state index contributed by atoms with van der Waals surface area (Å²) in [6, 6.07) is 7.58. The second-order valence-corrected chi connectivity index (χ2v) is 7.01. The molecule has 1 aromatic carbocycles. The fourth-order valence-electron chi connectivity index (χ4n) is 3.33. The molecule has 4 rings (SSSR count). The van der Waals surface area contributed by atoms with E-state index in [-0.39, 0.29) is 18.0 Å². The van der Waals surface area contributed by atoms with E-state index in [1.807, 2.05) is 34.1 Å². The number of aromatic amines is 1. The highest BCUT2D eigenvalue weighted by molar-refractivity contribution is 6.31. The third kappa shape index (κ3) is 3.26. The molecule has 6 nitrogen and oxygen atoms in total. The summed E-state index contributed by atoms with van der Waals surface area (Å²) in [5.41, 5.74) is 2.40. The van der Waals surface area contributed by atoms with Crippen LogP contribution in [-0.2, 0) is 11.3 Å². The molecular weight excluding hydrogens is 340 g/mol. The predicted octanol–water partition coefficient (Wildman–Crippen LogP) is 2.15. The smallest absolute Gasteiger partial charge is 0.269 e. The highest BCUT2D eigenvalue weighted by Crippen LogP contribution is 2.42. The zero-order chi connectivity index (χ0) is 17.4. The highest BCUT2D eigenvalue weighted by atomic mass is 35.5. The standard InChI is InChI=1S/C18H19ClN4O2/c19-14-4-2-1-3-13(14)10-23-8-7-22(11-16(23)24)15-9-20-21-18(25)17(15)12-5-6-12/h1-4,9,12H,5-8,10-11H2,(H,21,25). The van der Waals surface area contributed by atoms with Gasteiger partial charge < -0.3 is 9.80 Å². The summed E-state index contributed by atoms with van der Waals surface area (Å²) < 4.78 is 0. The lowest BCUT2D eigenvalue weighted by Crippen LogP contribution is -2.50. The van der Waals surface area contributed by atoms with Crippen molar-refractivity contribution in [3.05, 3.63) is 57.0 Å². The average Bonchev–Trinajstić information content (AvgIpc) is 3.43. The van der Waals surface area contributed by atoms with Gasteiger partial charge in [-0.05, 0) is 30.4 Å². The van der Waals surface area contributed by atoms with E-state index >= 15 is 0 Å². The Bertz CT molecular complexity index is 862. The first-order valence-corrected chi connectivity index (χ1v) is 8.85. The van der Waals surface area contributed by atoms with Gasteiger partial charge in [-0.3, -0.25) is 9.59 Å². The van der Waals surface area contributed by atoms with E-state index in [1.165, 1.54) is 0 Å². The molecule has 7 heteroatoms. The average molecular weight is 359 g/mol. The number of aromatic nitrogens is 2. The van der Waals surface area contributed by atoms with E-state index in [9.17, 15) is 9.59 Å². The second kappa shape index (κ2) is 6.52. The number of halogens is 1. The van der Waals surface area contributed by atoms with Crippen molar-refractivity contribution in [1.29, 1.82) is 0 Å². The summed E-state index contributed by atoms with van der Waals surface area (Å²) in [5.74, 6) is 0.339. The van der Waals surface area contributed by atoms with Gasteiger partial charge in [0.05, 0.1) is 18.4 Å². The molecule has 0 unspecified atom stereocenters. The number of carbonyl (C=O) groups excluding carboxylic acids is 1. The summed E-state index contributed by atoms with van der Waals surface area (Å²) in [6.45, 7) is 2.05. The van der Waals surface area contributed by atoms with Gasteiger partial charge in [-0.25, -0.2) is 5.10 Å². The van der Waals surface area contributed by atoms with Crippen LogP contribution in [0.25, 0.3) is 0 Å². The monoisotopic (exact) mass is 358 g/mol. The molecular formula is C18H19ClN4O2. The van der Waals surface area contributed by atoms with Crippen LogP contribution in [0.5, 0.6) is 0 Å². The van der Waals surface area contributed by atoms with Crippen molar-refractivity contribution in [2.75, 3.05) is 24.5 Å². The van der Waals surface area contributed by atoms with Crippen molar-refractivity contribution < 1.29 is 4.79 Å². The summed E-state index contributed by atoms with van der Waals surface area (Å²) >= 11 is 6.20. The molecule has 1 aromatic heterocycles. The SMILES string of the molecule is O=C1CN(c2cn[nH]c(=O)c2C2CC2)CCN1Cc1ccccc1Cl. The number of hydrogen-bond donors (Lipinski definition) is 1. The van der Waals surface area contributed by atoms with E-state index in [0.717, 1.165) is 29.7 Å². The number of anilines is 1. The Morgan fingerprint density at radius 1 is 1.20 bits per heavy atom. The molecule has 0 atom stereocenters. The lowest BCUT2D eigenvalue weighted by atomic mass is 10.1. The molecule has 1 saturated carbocycles. The van der Waals surface area contributed by atoms with Gasteiger partial charge in [0.2, 0.25) is 5.91 Å². The van der Waals surface area contributed by atoms with E-state index in [2.05, 4.69) is 10.2 Å². The van der Waals surface area contributed by atoms with Crippen molar-refractivity contribution in [3.63, 3.8) is 0 Å². The van der Waals surface area contributed by atoms with Crippen LogP contribution in [0.2, 0.25) is 5.02 Å². The van der Waals surface area contributed by atoms with E-state index in [4.69, 9.17) is 11.6 Å². The fourth-order valence-corrected chi connectivity index (χ4v) is 3.53. The van der Waals surface area contributed by atoms with Crippen LogP contribution in [0.15, 0.2) is 35.3 Å². The molecule has 2 aliphatic rings. The Hall–Kier alpha value is -2.34. The number of H-pyrrole nitrogens is 1. The first-order valence-electron chi connectivity index (χ1n) is 8.47. The Morgan fingerprint density at radius 3 is 2.72 bits per heavy atom. The number of nitrogens with zero attached hydrogens (tertiary/aromatic N) is 3. The van der Waals surface area contributed by atoms with Crippen molar-refractivity contribution in [2.45, 2.75) is 25.3 Å². The molecule has 0 bridgehead atoms. The largest absolute Gasteiger partial charge is 0.359 e. The third-order valence-corrected chi connectivity index (χ3v) is 5.21. The van der Waals surface area contributed by atoms with Gasteiger partial charge in [0, 0.05) is 30.2 Å². The number of piperazine rings is 1. The molecule has 0 radical (unpaired) electrons. The van der Waals surface area contributed by atoms with Crippen LogP contribution in [0.3, 0.4) is 0 Å². The predicted molar refractivity (Wildman–Crippen MR) is 95.9 cm³/mol. The Balaban J connectivity index is 1.51.